The van der Waals surface area contributed by atoms with Crippen molar-refractivity contribution in [3.05, 3.63) is 29.8 Å². The van der Waals surface area contributed by atoms with Crippen molar-refractivity contribution in [2.45, 2.75) is 27.1 Å². The molecule has 1 nitrogen and oxygen atoms in total. The maximum absolute atomic E-state index is 5.52. The molecule has 0 saturated heterocycles. The zero-order valence-corrected chi connectivity index (χ0v) is 9.42. The van der Waals surface area contributed by atoms with E-state index in [9.17, 15) is 0 Å². The van der Waals surface area contributed by atoms with Gasteiger partial charge in [-0.1, -0.05) is 32.8 Å². The molecule has 0 aromatic heterocycles. The second-order valence-electron chi connectivity index (χ2n) is 4.09. The van der Waals surface area contributed by atoms with Gasteiger partial charge in [-0.15, -0.1) is 0 Å². The highest BCUT2D eigenvalue weighted by Gasteiger charge is 1.98. The molecule has 0 aliphatic carbocycles. The van der Waals surface area contributed by atoms with E-state index in [0.717, 1.165) is 32.6 Å². The van der Waals surface area contributed by atoms with E-state index in [0.29, 0.717) is 0 Å². The molecule has 0 N–H and O–H groups in total. The summed E-state index contributed by atoms with van der Waals surface area (Å²) in [5.41, 5.74) is 1.39. The van der Waals surface area contributed by atoms with Crippen LogP contribution in [-0.4, -0.2) is 14.5 Å². The number of hydrogen-bond donors (Lipinski definition) is 0. The summed E-state index contributed by atoms with van der Waals surface area (Å²) in [6, 6.07) is 8.44. The van der Waals surface area contributed by atoms with Crippen molar-refractivity contribution in [3.8, 4) is 5.75 Å². The van der Waals surface area contributed by atoms with Gasteiger partial charge in [-0.3, -0.25) is 0 Å². The topological polar surface area (TPSA) is 9.23 Å². The van der Waals surface area contributed by atoms with Crippen LogP contribution in [0.1, 0.15) is 19.4 Å². The van der Waals surface area contributed by atoms with Crippen LogP contribution in [0.2, 0.25) is 6.82 Å². The molecule has 1 rings (SSSR count). The van der Waals surface area contributed by atoms with Crippen molar-refractivity contribution in [1.29, 1.82) is 0 Å². The Labute approximate surface area is 88.4 Å². The van der Waals surface area contributed by atoms with Crippen LogP contribution in [0.15, 0.2) is 24.3 Å². The first kappa shape index (κ1) is 11.2. The van der Waals surface area contributed by atoms with Crippen molar-refractivity contribution in [3.63, 3.8) is 0 Å². The Morgan fingerprint density at radius 3 is 2.36 bits per heavy atom. The second-order valence-corrected chi connectivity index (χ2v) is 4.09. The number of hydrogen-bond acceptors (Lipinski definition) is 1. The zero-order chi connectivity index (χ0) is 10.4. The highest BCUT2D eigenvalue weighted by molar-refractivity contribution is 6.96. The Hall–Kier alpha value is -0.850. The fourth-order valence-electron chi connectivity index (χ4n) is 1.41. The SMILES string of the molecule is CBBOc1ccc(CC(C)C)cc1. The lowest BCUT2D eigenvalue weighted by atomic mass is 9.52. The third-order valence-corrected chi connectivity index (χ3v) is 2.04. The summed E-state index contributed by atoms with van der Waals surface area (Å²) >= 11 is 0. The average molecular weight is 188 g/mol. The largest absolute Gasteiger partial charge is 0.572 e. The van der Waals surface area contributed by atoms with Gasteiger partial charge in [0.15, 0.2) is 0 Å². The molecule has 0 aliphatic rings. The maximum atomic E-state index is 5.52. The summed E-state index contributed by atoms with van der Waals surface area (Å²) in [6.07, 6.45) is 1.15. The predicted molar refractivity (Wildman–Crippen MR) is 65.8 cm³/mol. The molecule has 0 fully saturated rings. The second kappa shape index (κ2) is 5.79. The minimum atomic E-state index is 0.720. The lowest BCUT2D eigenvalue weighted by Crippen LogP contribution is -2.07. The summed E-state index contributed by atoms with van der Waals surface area (Å²) < 4.78 is 5.52. The van der Waals surface area contributed by atoms with Crippen LogP contribution in [0.5, 0.6) is 5.75 Å². The zero-order valence-electron chi connectivity index (χ0n) is 9.42. The van der Waals surface area contributed by atoms with E-state index in [2.05, 4.69) is 44.9 Å². The molecule has 3 heteroatoms. The molecule has 0 radical (unpaired) electrons. The van der Waals surface area contributed by atoms with Crippen LogP contribution < -0.4 is 4.65 Å². The van der Waals surface area contributed by atoms with Crippen LogP contribution in [-0.2, 0) is 6.42 Å². The van der Waals surface area contributed by atoms with Crippen molar-refractivity contribution >= 4 is 14.5 Å². The van der Waals surface area contributed by atoms with E-state index >= 15 is 0 Å². The quantitative estimate of drug-likeness (QED) is 0.642. The van der Waals surface area contributed by atoms with Crippen LogP contribution in [0, 0.1) is 5.92 Å². The highest BCUT2D eigenvalue weighted by atomic mass is 16.4. The van der Waals surface area contributed by atoms with Gasteiger partial charge in [0.05, 0.1) is 5.75 Å². The summed E-state index contributed by atoms with van der Waals surface area (Å²) in [5, 5.41) is 0. The molecule has 1 aromatic carbocycles. The average Bonchev–Trinajstić information content (AvgIpc) is 2.16. The lowest BCUT2D eigenvalue weighted by Gasteiger charge is -2.07. The normalized spacial score (nSPS) is 10.0. The van der Waals surface area contributed by atoms with E-state index in [1.165, 1.54) is 5.56 Å². The van der Waals surface area contributed by atoms with Crippen LogP contribution in [0.3, 0.4) is 0 Å². The molecule has 0 unspecified atom stereocenters. The Morgan fingerprint density at radius 2 is 1.86 bits per heavy atom. The molecular weight excluding hydrogens is 170 g/mol. The van der Waals surface area contributed by atoms with Crippen molar-refractivity contribution in [2.75, 3.05) is 0 Å². The molecule has 0 spiro atoms. The molecule has 1 aromatic rings. The van der Waals surface area contributed by atoms with E-state index in [1.54, 1.807) is 0 Å². The maximum Gasteiger partial charge on any atom is 0.294 e. The van der Waals surface area contributed by atoms with Gasteiger partial charge in [-0.25, -0.2) is 0 Å². The summed E-state index contributed by atoms with van der Waals surface area (Å²) in [6.45, 7) is 6.59. The lowest BCUT2D eigenvalue weighted by molar-refractivity contribution is 0.606. The Morgan fingerprint density at radius 1 is 1.21 bits per heavy atom. The highest BCUT2D eigenvalue weighted by Crippen LogP contribution is 2.14. The van der Waals surface area contributed by atoms with E-state index in [1.807, 2.05) is 0 Å². The van der Waals surface area contributed by atoms with Gasteiger partial charge in [0.25, 0.3) is 7.37 Å². The van der Waals surface area contributed by atoms with Gasteiger partial charge in [-0.05, 0) is 30.0 Å². The minimum absolute atomic E-state index is 0.720. The van der Waals surface area contributed by atoms with Crippen LogP contribution >= 0.6 is 0 Å². The van der Waals surface area contributed by atoms with E-state index in [4.69, 9.17) is 4.65 Å². The fourth-order valence-corrected chi connectivity index (χ4v) is 1.41. The third-order valence-electron chi connectivity index (χ3n) is 2.04. The summed E-state index contributed by atoms with van der Waals surface area (Å²) in [4.78, 5) is 0. The molecule has 0 saturated carbocycles. The molecule has 0 atom stereocenters. The number of rotatable bonds is 5. The van der Waals surface area contributed by atoms with Crippen molar-refractivity contribution in [1.82, 2.24) is 0 Å². The number of benzene rings is 1. The van der Waals surface area contributed by atoms with Crippen molar-refractivity contribution < 1.29 is 4.65 Å². The van der Waals surface area contributed by atoms with Gasteiger partial charge in [0.1, 0.15) is 7.17 Å². The van der Waals surface area contributed by atoms with Crippen LogP contribution in [0.4, 0.5) is 0 Å². The van der Waals surface area contributed by atoms with Crippen molar-refractivity contribution in [2.24, 2.45) is 5.92 Å². The van der Waals surface area contributed by atoms with Gasteiger partial charge < -0.3 is 4.65 Å². The van der Waals surface area contributed by atoms with Crippen LogP contribution in [0.25, 0.3) is 0 Å². The minimum Gasteiger partial charge on any atom is -0.572 e. The summed E-state index contributed by atoms with van der Waals surface area (Å²) in [5.74, 6) is 1.71. The van der Waals surface area contributed by atoms with E-state index < -0.39 is 0 Å². The van der Waals surface area contributed by atoms with Gasteiger partial charge in [0.2, 0.25) is 0 Å². The standard InChI is InChI=1S/C11H18B2O/c1-9(2)8-10-4-6-11(7-5-10)14-13-12-3/h4-7,9,12-13H,8H2,1-3H3. The molecule has 74 valence electrons. The van der Waals surface area contributed by atoms with Gasteiger partial charge >= 0.3 is 0 Å². The first-order chi connectivity index (χ1) is 6.72. The monoisotopic (exact) mass is 188 g/mol. The first-order valence-corrected chi connectivity index (χ1v) is 5.44. The fraction of sp³-hybridized carbons (Fsp3) is 0.455. The Kier molecular flexibility index (Phi) is 4.64. The predicted octanol–water partition coefficient (Wildman–Crippen LogP) is 2.01. The van der Waals surface area contributed by atoms with Gasteiger partial charge in [-0.2, -0.15) is 0 Å². The Bertz CT molecular complexity index is 256. The molecule has 0 amide bonds. The molecule has 0 bridgehead atoms. The molecule has 14 heavy (non-hydrogen) atoms. The molecule has 0 aliphatic heterocycles. The van der Waals surface area contributed by atoms with E-state index in [-0.39, 0.29) is 0 Å². The first-order valence-electron chi connectivity index (χ1n) is 5.44. The smallest absolute Gasteiger partial charge is 0.294 e. The molecule has 0 heterocycles. The Balaban J connectivity index is 2.50. The van der Waals surface area contributed by atoms with Gasteiger partial charge in [0, 0.05) is 0 Å². The third kappa shape index (κ3) is 3.91. The molecular formula is C11H18B2O. The summed E-state index contributed by atoms with van der Waals surface area (Å²) in [7, 11) is 1.87.